The van der Waals surface area contributed by atoms with Gasteiger partial charge in [0.15, 0.2) is 5.17 Å². The Morgan fingerprint density at radius 2 is 1.78 bits per heavy atom. The maximum absolute atomic E-state index is 12.3. The lowest BCUT2D eigenvalue weighted by Crippen LogP contribution is -2.19. The molecule has 1 heterocycles. The van der Waals surface area contributed by atoms with Crippen LogP contribution in [0.3, 0.4) is 0 Å². The third-order valence-corrected chi connectivity index (χ3v) is 5.85. The van der Waals surface area contributed by atoms with Crippen molar-refractivity contribution >= 4 is 52.1 Å². The highest BCUT2D eigenvalue weighted by molar-refractivity contribution is 8.18. The van der Waals surface area contributed by atoms with Gasteiger partial charge in [0.05, 0.1) is 16.2 Å². The van der Waals surface area contributed by atoms with Crippen molar-refractivity contribution in [2.24, 2.45) is 10.7 Å². The van der Waals surface area contributed by atoms with Gasteiger partial charge >= 0.3 is 0 Å². The van der Waals surface area contributed by atoms with Gasteiger partial charge in [-0.2, -0.15) is 0 Å². The number of halogens is 1. The number of benzene rings is 3. The number of amides is 2. The molecule has 8 heteroatoms. The molecule has 1 fully saturated rings. The zero-order valence-corrected chi connectivity index (χ0v) is 18.3. The van der Waals surface area contributed by atoms with Gasteiger partial charge in [0, 0.05) is 10.6 Å². The maximum atomic E-state index is 12.3. The van der Waals surface area contributed by atoms with Crippen LogP contribution < -0.4 is 15.8 Å². The number of thioether (sulfide) groups is 1. The standard InChI is InChI=1S/C24H18ClN3O3S/c25-19-7-3-1-5-16(19)14-31-17-11-9-15(10-12-17)13-21-23(30)28-24(32-21)27-20-8-4-2-6-18(20)22(26)29/h1-13H,14H2,(H2,26,29)(H,27,28,30)/b21-13-. The highest BCUT2D eigenvalue weighted by atomic mass is 35.5. The first kappa shape index (κ1) is 21.7. The van der Waals surface area contributed by atoms with E-state index in [9.17, 15) is 9.59 Å². The van der Waals surface area contributed by atoms with Crippen molar-refractivity contribution in [1.29, 1.82) is 0 Å². The van der Waals surface area contributed by atoms with Gasteiger partial charge < -0.3 is 15.8 Å². The number of hydrogen-bond acceptors (Lipinski definition) is 5. The Labute approximate surface area is 194 Å². The summed E-state index contributed by atoms with van der Waals surface area (Å²) < 4.78 is 5.79. The second-order valence-electron chi connectivity index (χ2n) is 6.81. The Morgan fingerprint density at radius 3 is 2.53 bits per heavy atom. The van der Waals surface area contributed by atoms with Crippen LogP contribution in [0.15, 0.2) is 82.7 Å². The Kier molecular flexibility index (Phi) is 6.58. The monoisotopic (exact) mass is 463 g/mol. The molecule has 0 unspecified atom stereocenters. The predicted molar refractivity (Wildman–Crippen MR) is 128 cm³/mol. The molecule has 0 spiro atoms. The molecule has 3 aromatic rings. The molecule has 1 saturated heterocycles. The molecule has 3 aromatic carbocycles. The number of nitrogens with zero attached hydrogens (tertiary/aromatic N) is 1. The van der Waals surface area contributed by atoms with Crippen LogP contribution in [0.4, 0.5) is 5.69 Å². The summed E-state index contributed by atoms with van der Waals surface area (Å²) in [6.45, 7) is 0.366. The summed E-state index contributed by atoms with van der Waals surface area (Å²) in [7, 11) is 0. The summed E-state index contributed by atoms with van der Waals surface area (Å²) in [6.07, 6.45) is 1.76. The number of amidine groups is 1. The van der Waals surface area contributed by atoms with Gasteiger partial charge in [-0.3, -0.25) is 9.59 Å². The van der Waals surface area contributed by atoms with Crippen molar-refractivity contribution in [3.63, 3.8) is 0 Å². The van der Waals surface area contributed by atoms with E-state index in [0.717, 1.165) is 11.1 Å². The Hall–Kier alpha value is -3.55. The van der Waals surface area contributed by atoms with E-state index >= 15 is 0 Å². The Balaban J connectivity index is 1.44. The van der Waals surface area contributed by atoms with E-state index < -0.39 is 5.91 Å². The fourth-order valence-electron chi connectivity index (χ4n) is 2.96. The van der Waals surface area contributed by atoms with Crippen molar-refractivity contribution in [1.82, 2.24) is 5.32 Å². The van der Waals surface area contributed by atoms with Crippen molar-refractivity contribution in [3.8, 4) is 5.75 Å². The Bertz CT molecular complexity index is 1240. The van der Waals surface area contributed by atoms with E-state index in [1.807, 2.05) is 48.5 Å². The number of rotatable bonds is 6. The normalized spacial score (nSPS) is 15.7. The number of carbonyl (C=O) groups excluding carboxylic acids is 2. The molecule has 160 valence electrons. The lowest BCUT2D eigenvalue weighted by Gasteiger charge is -2.08. The molecule has 4 rings (SSSR count). The molecule has 0 aliphatic carbocycles. The minimum Gasteiger partial charge on any atom is -0.489 e. The van der Waals surface area contributed by atoms with Crippen molar-refractivity contribution in [2.75, 3.05) is 0 Å². The number of aliphatic imine (C=N–C) groups is 1. The van der Waals surface area contributed by atoms with Crippen molar-refractivity contribution in [2.45, 2.75) is 6.61 Å². The van der Waals surface area contributed by atoms with E-state index in [1.165, 1.54) is 11.8 Å². The topological polar surface area (TPSA) is 93.8 Å². The van der Waals surface area contributed by atoms with E-state index in [0.29, 0.717) is 38.7 Å². The highest BCUT2D eigenvalue weighted by Crippen LogP contribution is 2.29. The van der Waals surface area contributed by atoms with E-state index in [2.05, 4.69) is 10.3 Å². The fraction of sp³-hybridized carbons (Fsp3) is 0.0417. The molecule has 0 aromatic heterocycles. The molecule has 2 amide bonds. The number of para-hydroxylation sites is 1. The van der Waals surface area contributed by atoms with Crippen LogP contribution in [0.25, 0.3) is 6.08 Å². The second-order valence-corrected chi connectivity index (χ2v) is 8.25. The molecular formula is C24H18ClN3O3S. The predicted octanol–water partition coefficient (Wildman–Crippen LogP) is 4.91. The van der Waals surface area contributed by atoms with E-state index in [-0.39, 0.29) is 5.91 Å². The summed E-state index contributed by atoms with van der Waals surface area (Å²) in [5.41, 5.74) is 7.83. The minimum atomic E-state index is -0.577. The number of hydrogen-bond donors (Lipinski definition) is 2. The van der Waals surface area contributed by atoms with Gasteiger partial charge in [0.25, 0.3) is 11.8 Å². The molecule has 32 heavy (non-hydrogen) atoms. The lowest BCUT2D eigenvalue weighted by molar-refractivity contribution is -0.115. The second kappa shape index (κ2) is 9.72. The largest absolute Gasteiger partial charge is 0.489 e. The quantitative estimate of drug-likeness (QED) is 0.508. The molecule has 0 atom stereocenters. The van der Waals surface area contributed by atoms with Crippen molar-refractivity contribution < 1.29 is 14.3 Å². The SMILES string of the molecule is NC(=O)c1ccccc1N=C1NC(=O)/C(=C/c2ccc(OCc3ccccc3Cl)cc2)S1. The third-order valence-electron chi connectivity index (χ3n) is 4.57. The summed E-state index contributed by atoms with van der Waals surface area (Å²) in [5, 5.41) is 3.76. The van der Waals surface area contributed by atoms with Crippen LogP contribution in [0.1, 0.15) is 21.5 Å². The van der Waals surface area contributed by atoms with Gasteiger partial charge in [0.2, 0.25) is 0 Å². The number of ether oxygens (including phenoxy) is 1. The van der Waals surface area contributed by atoms with E-state index in [4.69, 9.17) is 22.1 Å². The summed E-state index contributed by atoms with van der Waals surface area (Å²) in [6, 6.07) is 21.6. The van der Waals surface area contributed by atoms with Gasteiger partial charge in [-0.1, -0.05) is 54.1 Å². The van der Waals surface area contributed by atoms with Gasteiger partial charge in [-0.15, -0.1) is 0 Å². The number of nitrogens with one attached hydrogen (secondary N) is 1. The van der Waals surface area contributed by atoms with E-state index in [1.54, 1.807) is 30.3 Å². The zero-order valence-electron chi connectivity index (χ0n) is 16.7. The smallest absolute Gasteiger partial charge is 0.264 e. The molecule has 0 radical (unpaired) electrons. The lowest BCUT2D eigenvalue weighted by atomic mass is 10.2. The average molecular weight is 464 g/mol. The first-order valence-electron chi connectivity index (χ1n) is 9.64. The minimum absolute atomic E-state index is 0.260. The first-order valence-corrected chi connectivity index (χ1v) is 10.8. The number of nitrogens with two attached hydrogens (primary N) is 1. The maximum Gasteiger partial charge on any atom is 0.264 e. The summed E-state index contributed by atoms with van der Waals surface area (Å²) in [4.78, 5) is 28.8. The van der Waals surface area contributed by atoms with Gasteiger partial charge in [-0.05, 0) is 53.7 Å². The molecule has 3 N–H and O–H groups in total. The number of primary amides is 1. The highest BCUT2D eigenvalue weighted by Gasteiger charge is 2.24. The van der Waals surface area contributed by atoms with Crippen LogP contribution >= 0.6 is 23.4 Å². The molecule has 6 nitrogen and oxygen atoms in total. The molecule has 1 aliphatic rings. The summed E-state index contributed by atoms with van der Waals surface area (Å²) >= 11 is 7.35. The van der Waals surface area contributed by atoms with Gasteiger partial charge in [-0.25, -0.2) is 4.99 Å². The van der Waals surface area contributed by atoms with Crippen molar-refractivity contribution in [3.05, 3.63) is 99.4 Å². The fourth-order valence-corrected chi connectivity index (χ4v) is 3.98. The van der Waals surface area contributed by atoms with Crippen LogP contribution in [0, 0.1) is 0 Å². The van der Waals surface area contributed by atoms with Crippen LogP contribution in [-0.4, -0.2) is 17.0 Å². The van der Waals surface area contributed by atoms with Gasteiger partial charge in [0.1, 0.15) is 12.4 Å². The summed E-state index contributed by atoms with van der Waals surface area (Å²) in [5.74, 6) is -0.142. The molecule has 1 aliphatic heterocycles. The Morgan fingerprint density at radius 1 is 1.06 bits per heavy atom. The molecular weight excluding hydrogens is 446 g/mol. The van der Waals surface area contributed by atoms with Crippen LogP contribution in [-0.2, 0) is 11.4 Å². The number of carbonyl (C=O) groups is 2. The van der Waals surface area contributed by atoms with Crippen LogP contribution in [0.5, 0.6) is 5.75 Å². The third kappa shape index (κ3) is 5.19. The average Bonchev–Trinajstić information content (AvgIpc) is 3.13. The zero-order chi connectivity index (χ0) is 22.5. The molecule has 0 saturated carbocycles. The first-order chi connectivity index (χ1) is 15.5. The van der Waals surface area contributed by atoms with Crippen LogP contribution in [0.2, 0.25) is 5.02 Å². The molecule has 0 bridgehead atoms.